The minimum atomic E-state index is -0.517. The van der Waals surface area contributed by atoms with Crippen molar-refractivity contribution in [3.63, 3.8) is 0 Å². The van der Waals surface area contributed by atoms with Gasteiger partial charge in [0.15, 0.2) is 5.75 Å². The minimum absolute atomic E-state index is 0.0867. The van der Waals surface area contributed by atoms with Crippen LogP contribution in [0.4, 0.5) is 0 Å². The summed E-state index contributed by atoms with van der Waals surface area (Å²) in [7, 11) is 3.09. The summed E-state index contributed by atoms with van der Waals surface area (Å²) in [5.74, 6) is 1.00. The third kappa shape index (κ3) is 3.43. The number of nitrogens with zero attached hydrogens (tertiary/aromatic N) is 5. The molecule has 30 heavy (non-hydrogen) atoms. The molecule has 0 spiro atoms. The molecular weight excluding hydrogens is 386 g/mol. The fourth-order valence-electron chi connectivity index (χ4n) is 3.45. The molecule has 4 heterocycles. The number of aryl methyl sites for hydroxylation is 1. The summed E-state index contributed by atoms with van der Waals surface area (Å²) in [5, 5.41) is 25.3. The van der Waals surface area contributed by atoms with Crippen LogP contribution in [0.3, 0.4) is 0 Å². The van der Waals surface area contributed by atoms with Gasteiger partial charge in [-0.3, -0.25) is 9.25 Å². The van der Waals surface area contributed by atoms with Gasteiger partial charge in [-0.1, -0.05) is 0 Å². The molecule has 0 aliphatic heterocycles. The molecule has 9 nitrogen and oxygen atoms in total. The lowest BCUT2D eigenvalue weighted by atomic mass is 10.1. The summed E-state index contributed by atoms with van der Waals surface area (Å²) >= 11 is 0. The van der Waals surface area contributed by atoms with Gasteiger partial charge in [0.1, 0.15) is 0 Å². The molecule has 2 N–H and O–H groups in total. The Bertz CT molecular complexity index is 1210. The molecule has 1 atom stereocenters. The second-order valence-corrected chi connectivity index (χ2v) is 7.11. The number of ether oxygens (including phenoxy) is 2. The van der Waals surface area contributed by atoms with E-state index in [0.29, 0.717) is 40.5 Å². The van der Waals surface area contributed by atoms with Crippen molar-refractivity contribution < 1.29 is 19.7 Å². The zero-order valence-corrected chi connectivity index (χ0v) is 17.2. The molecule has 0 aliphatic rings. The van der Waals surface area contributed by atoms with Crippen molar-refractivity contribution in [2.45, 2.75) is 26.5 Å². The number of methoxy groups -OCH3 is 2. The maximum atomic E-state index is 10.8. The summed E-state index contributed by atoms with van der Waals surface area (Å²) < 4.78 is 13.8. The van der Waals surface area contributed by atoms with Crippen LogP contribution in [0.5, 0.6) is 17.5 Å². The first-order valence-corrected chi connectivity index (χ1v) is 9.42. The van der Waals surface area contributed by atoms with Gasteiger partial charge >= 0.3 is 0 Å². The number of aromatic hydroxyl groups is 1. The number of rotatable bonds is 6. The van der Waals surface area contributed by atoms with Crippen molar-refractivity contribution in [3.05, 3.63) is 42.5 Å². The van der Waals surface area contributed by atoms with Crippen LogP contribution in [0, 0.1) is 6.92 Å². The lowest BCUT2D eigenvalue weighted by molar-refractivity contribution is 0.168. The Morgan fingerprint density at radius 1 is 1.13 bits per heavy atom. The molecule has 4 aromatic heterocycles. The number of hydrogen-bond acceptors (Lipinski definition) is 7. The first-order valence-electron chi connectivity index (χ1n) is 9.42. The fraction of sp³-hybridized carbons (Fsp3) is 0.286. The highest BCUT2D eigenvalue weighted by Crippen LogP contribution is 2.35. The number of hydrogen-bond donors (Lipinski definition) is 2. The van der Waals surface area contributed by atoms with Gasteiger partial charge in [0.05, 0.1) is 55.3 Å². The molecule has 0 saturated carbocycles. The Labute approximate surface area is 173 Å². The van der Waals surface area contributed by atoms with Crippen molar-refractivity contribution in [1.82, 2.24) is 24.3 Å². The number of aliphatic hydroxyl groups excluding tert-OH is 1. The van der Waals surface area contributed by atoms with Crippen molar-refractivity contribution in [2.75, 3.05) is 14.2 Å². The van der Waals surface area contributed by atoms with Gasteiger partial charge in [0, 0.05) is 24.2 Å². The number of fused-ring (bicyclic) bond motifs is 1. The monoisotopic (exact) mass is 409 g/mol. The molecule has 1 unspecified atom stereocenters. The van der Waals surface area contributed by atoms with E-state index in [-0.39, 0.29) is 5.88 Å². The highest BCUT2D eigenvalue weighted by atomic mass is 16.5. The molecule has 9 heteroatoms. The Balaban J connectivity index is 1.79. The van der Waals surface area contributed by atoms with E-state index in [4.69, 9.17) is 14.5 Å². The maximum absolute atomic E-state index is 10.8. The highest BCUT2D eigenvalue weighted by molar-refractivity contribution is 5.90. The average Bonchev–Trinajstić information content (AvgIpc) is 3.31. The third-order valence-corrected chi connectivity index (χ3v) is 4.82. The summed E-state index contributed by atoms with van der Waals surface area (Å²) in [5.41, 5.74) is 3.67. The predicted octanol–water partition coefficient (Wildman–Crippen LogP) is 2.70. The van der Waals surface area contributed by atoms with Crippen LogP contribution in [-0.4, -0.2) is 54.9 Å². The van der Waals surface area contributed by atoms with E-state index in [1.54, 1.807) is 48.1 Å². The Morgan fingerprint density at radius 3 is 2.63 bits per heavy atom. The van der Waals surface area contributed by atoms with Crippen LogP contribution in [-0.2, 0) is 6.54 Å². The molecule has 0 fully saturated rings. The molecular formula is C21H23N5O4. The summed E-state index contributed by atoms with van der Waals surface area (Å²) in [6.07, 6.45) is 6.32. The van der Waals surface area contributed by atoms with Gasteiger partial charge in [0.2, 0.25) is 5.88 Å². The normalized spacial score (nSPS) is 12.3. The minimum Gasteiger partial charge on any atom is -0.494 e. The van der Waals surface area contributed by atoms with Crippen molar-refractivity contribution in [2.24, 2.45) is 0 Å². The van der Waals surface area contributed by atoms with E-state index < -0.39 is 6.10 Å². The van der Waals surface area contributed by atoms with E-state index in [9.17, 15) is 10.2 Å². The van der Waals surface area contributed by atoms with E-state index in [1.165, 1.54) is 7.11 Å². The van der Waals surface area contributed by atoms with Crippen molar-refractivity contribution in [1.29, 1.82) is 0 Å². The Morgan fingerprint density at radius 2 is 1.93 bits per heavy atom. The van der Waals surface area contributed by atoms with Gasteiger partial charge in [-0.2, -0.15) is 5.10 Å². The molecule has 0 bridgehead atoms. The SMILES string of the molecule is COc1cc(-c2cc(C)c3c(O)n(-c4cnn(CC(C)O)c4)cc3n2)cnc1OC. The van der Waals surface area contributed by atoms with Gasteiger partial charge in [-0.25, -0.2) is 9.97 Å². The zero-order chi connectivity index (χ0) is 21.4. The van der Waals surface area contributed by atoms with Crippen LogP contribution in [0.2, 0.25) is 0 Å². The van der Waals surface area contributed by atoms with Crippen molar-refractivity contribution >= 4 is 10.9 Å². The van der Waals surface area contributed by atoms with Crippen LogP contribution >= 0.6 is 0 Å². The number of pyridine rings is 2. The lowest BCUT2D eigenvalue weighted by Crippen LogP contribution is -2.11. The summed E-state index contributed by atoms with van der Waals surface area (Å²) in [4.78, 5) is 8.99. The largest absolute Gasteiger partial charge is 0.494 e. The standard InChI is InChI=1S/C21H23N5O4/c1-12-5-16(14-6-18(29-3)20(30-4)22-7-14)24-17-11-26(21(28)19(12)17)15-8-23-25(10-15)9-13(2)27/h5-8,10-11,13,27-28H,9H2,1-4H3. The van der Waals surface area contributed by atoms with E-state index in [1.807, 2.05) is 19.1 Å². The Kier molecular flexibility index (Phi) is 5.04. The molecule has 0 saturated heterocycles. The number of aromatic nitrogens is 5. The van der Waals surface area contributed by atoms with Crippen LogP contribution in [0.15, 0.2) is 36.9 Å². The quantitative estimate of drug-likeness (QED) is 0.504. The molecule has 0 aliphatic carbocycles. The van der Waals surface area contributed by atoms with Crippen molar-refractivity contribution in [3.8, 4) is 34.5 Å². The van der Waals surface area contributed by atoms with Crippen LogP contribution < -0.4 is 9.47 Å². The third-order valence-electron chi connectivity index (χ3n) is 4.82. The second-order valence-electron chi connectivity index (χ2n) is 7.11. The zero-order valence-electron chi connectivity index (χ0n) is 17.2. The van der Waals surface area contributed by atoms with Gasteiger partial charge in [0.25, 0.3) is 5.88 Å². The molecule has 156 valence electrons. The van der Waals surface area contributed by atoms with Crippen LogP contribution in [0.25, 0.3) is 27.8 Å². The lowest BCUT2D eigenvalue weighted by Gasteiger charge is -2.09. The van der Waals surface area contributed by atoms with E-state index in [2.05, 4.69) is 10.1 Å². The maximum Gasteiger partial charge on any atom is 0.256 e. The molecule has 0 amide bonds. The van der Waals surface area contributed by atoms with E-state index in [0.717, 1.165) is 11.1 Å². The first kappa shape index (κ1) is 19.7. The number of aliphatic hydroxyl groups is 1. The van der Waals surface area contributed by atoms with Crippen LogP contribution in [0.1, 0.15) is 12.5 Å². The smallest absolute Gasteiger partial charge is 0.256 e. The molecule has 0 radical (unpaired) electrons. The highest BCUT2D eigenvalue weighted by Gasteiger charge is 2.17. The van der Waals surface area contributed by atoms with Gasteiger partial charge in [-0.05, 0) is 31.5 Å². The second kappa shape index (κ2) is 7.68. The van der Waals surface area contributed by atoms with Gasteiger partial charge < -0.3 is 19.7 Å². The Hall–Kier alpha value is -3.59. The predicted molar refractivity (Wildman–Crippen MR) is 111 cm³/mol. The van der Waals surface area contributed by atoms with E-state index >= 15 is 0 Å². The topological polar surface area (TPSA) is 107 Å². The fourth-order valence-corrected chi connectivity index (χ4v) is 3.45. The summed E-state index contributed by atoms with van der Waals surface area (Å²) in [6.45, 7) is 3.98. The van der Waals surface area contributed by atoms with Gasteiger partial charge in [-0.15, -0.1) is 0 Å². The first-order chi connectivity index (χ1) is 14.4. The summed E-state index contributed by atoms with van der Waals surface area (Å²) in [6, 6.07) is 3.71. The molecule has 4 aromatic rings. The molecule has 4 rings (SSSR count). The molecule has 0 aromatic carbocycles. The average molecular weight is 409 g/mol.